The Morgan fingerprint density at radius 1 is 1.29 bits per heavy atom. The fraction of sp³-hybridized carbons (Fsp3) is 0.923. The number of ketones is 1. The molecule has 0 aromatic heterocycles. The number of Topliss-reactive ketones (excluding diaryl/α,β-unsaturated/α-hetero) is 1. The first-order valence-corrected chi connectivity index (χ1v) is 6.73. The molecule has 0 aliphatic carbocycles. The second-order valence-corrected chi connectivity index (χ2v) is 5.43. The number of carbonyl (C=O) groups is 1. The molecule has 2 saturated heterocycles. The Kier molecular flexibility index (Phi) is 4.54. The molecule has 2 fully saturated rings. The van der Waals surface area contributed by atoms with Crippen LogP contribution in [-0.4, -0.2) is 67.6 Å². The molecule has 98 valence electrons. The van der Waals surface area contributed by atoms with Gasteiger partial charge in [-0.1, -0.05) is 0 Å². The number of hydrogen-bond donors (Lipinski definition) is 0. The normalized spacial score (nSPS) is 27.8. The number of piperazine rings is 1. The van der Waals surface area contributed by atoms with Crippen molar-refractivity contribution in [2.24, 2.45) is 5.92 Å². The van der Waals surface area contributed by atoms with Gasteiger partial charge in [0.1, 0.15) is 0 Å². The predicted octanol–water partition coefficient (Wildman–Crippen LogP) is 0.618. The average molecular weight is 240 g/mol. The van der Waals surface area contributed by atoms with Crippen LogP contribution in [-0.2, 0) is 9.53 Å². The van der Waals surface area contributed by atoms with Crippen LogP contribution < -0.4 is 0 Å². The van der Waals surface area contributed by atoms with Crippen LogP contribution in [0.25, 0.3) is 0 Å². The average Bonchev–Trinajstić information content (AvgIpc) is 2.83. The third-order valence-corrected chi connectivity index (χ3v) is 3.90. The van der Waals surface area contributed by atoms with E-state index in [-0.39, 0.29) is 5.92 Å². The van der Waals surface area contributed by atoms with Crippen molar-refractivity contribution in [1.82, 2.24) is 9.80 Å². The summed E-state index contributed by atoms with van der Waals surface area (Å²) in [5.41, 5.74) is 0. The third-order valence-electron chi connectivity index (χ3n) is 3.90. The summed E-state index contributed by atoms with van der Waals surface area (Å²) < 4.78 is 5.27. The van der Waals surface area contributed by atoms with Crippen LogP contribution in [0.2, 0.25) is 0 Å². The van der Waals surface area contributed by atoms with E-state index in [0.29, 0.717) is 25.0 Å². The molecule has 0 bridgehead atoms. The van der Waals surface area contributed by atoms with Crippen molar-refractivity contribution in [3.05, 3.63) is 0 Å². The highest BCUT2D eigenvalue weighted by molar-refractivity contribution is 5.83. The van der Waals surface area contributed by atoms with Crippen LogP contribution >= 0.6 is 0 Å². The summed E-state index contributed by atoms with van der Waals surface area (Å²) in [5.74, 6) is 0.540. The van der Waals surface area contributed by atoms with E-state index >= 15 is 0 Å². The van der Waals surface area contributed by atoms with Crippen molar-refractivity contribution in [3.63, 3.8) is 0 Å². The van der Waals surface area contributed by atoms with E-state index < -0.39 is 0 Å². The summed E-state index contributed by atoms with van der Waals surface area (Å²) in [5, 5.41) is 0. The summed E-state index contributed by atoms with van der Waals surface area (Å²) in [6, 6.07) is 0.621. The summed E-state index contributed by atoms with van der Waals surface area (Å²) in [6.45, 7) is 10.7. The van der Waals surface area contributed by atoms with Gasteiger partial charge in [0.25, 0.3) is 0 Å². The maximum absolute atomic E-state index is 12.0. The third kappa shape index (κ3) is 3.50. The number of nitrogens with zero attached hydrogens (tertiary/aromatic N) is 2. The minimum absolute atomic E-state index is 0.165. The first-order valence-electron chi connectivity index (χ1n) is 6.73. The molecule has 4 heteroatoms. The molecule has 2 rings (SSSR count). The lowest BCUT2D eigenvalue weighted by atomic mass is 10.0. The Labute approximate surface area is 104 Å². The number of rotatable bonds is 4. The maximum atomic E-state index is 12.0. The van der Waals surface area contributed by atoms with Gasteiger partial charge >= 0.3 is 0 Å². The quantitative estimate of drug-likeness (QED) is 0.721. The molecule has 2 aliphatic rings. The van der Waals surface area contributed by atoms with Gasteiger partial charge in [-0.15, -0.1) is 0 Å². The number of carbonyl (C=O) groups excluding carboxylic acids is 1. The van der Waals surface area contributed by atoms with Crippen LogP contribution in [0.1, 0.15) is 20.3 Å². The van der Waals surface area contributed by atoms with E-state index in [1.54, 1.807) is 0 Å². The Bertz CT molecular complexity index is 254. The second kappa shape index (κ2) is 5.94. The Hall–Kier alpha value is -0.450. The van der Waals surface area contributed by atoms with Crippen LogP contribution in [0.3, 0.4) is 0 Å². The molecule has 0 spiro atoms. The summed E-state index contributed by atoms with van der Waals surface area (Å²) in [6.07, 6.45) is 0.921. The highest BCUT2D eigenvalue weighted by atomic mass is 16.5. The monoisotopic (exact) mass is 240 g/mol. The number of ether oxygens (including phenoxy) is 1. The molecular weight excluding hydrogens is 216 g/mol. The van der Waals surface area contributed by atoms with E-state index in [2.05, 4.69) is 23.6 Å². The molecule has 0 aromatic carbocycles. The topological polar surface area (TPSA) is 32.8 Å². The van der Waals surface area contributed by atoms with Crippen molar-refractivity contribution in [2.75, 3.05) is 45.9 Å². The molecule has 4 nitrogen and oxygen atoms in total. The highest BCUT2D eigenvalue weighted by Crippen LogP contribution is 2.14. The van der Waals surface area contributed by atoms with E-state index in [9.17, 15) is 4.79 Å². The Morgan fingerprint density at radius 3 is 2.53 bits per heavy atom. The molecule has 1 unspecified atom stereocenters. The molecule has 1 atom stereocenters. The van der Waals surface area contributed by atoms with Crippen LogP contribution in [0.5, 0.6) is 0 Å². The zero-order valence-corrected chi connectivity index (χ0v) is 11.0. The summed E-state index contributed by atoms with van der Waals surface area (Å²) >= 11 is 0. The molecule has 0 amide bonds. The van der Waals surface area contributed by atoms with Gasteiger partial charge in [-0.25, -0.2) is 0 Å². The standard InChI is InChI=1S/C13H24N2O2/c1-11(2)15-6-4-14(5-7-15)9-13(16)12-3-8-17-10-12/h11-12H,3-10H2,1-2H3. The fourth-order valence-corrected chi connectivity index (χ4v) is 2.58. The molecular formula is C13H24N2O2. The van der Waals surface area contributed by atoms with Crippen molar-refractivity contribution >= 4 is 5.78 Å². The second-order valence-electron chi connectivity index (χ2n) is 5.43. The van der Waals surface area contributed by atoms with Gasteiger partial charge in [-0.05, 0) is 20.3 Å². The predicted molar refractivity (Wildman–Crippen MR) is 67.1 cm³/mol. The largest absolute Gasteiger partial charge is 0.381 e. The first kappa shape index (κ1) is 13.0. The Morgan fingerprint density at radius 2 is 2.00 bits per heavy atom. The van der Waals surface area contributed by atoms with E-state index in [1.165, 1.54) is 0 Å². The van der Waals surface area contributed by atoms with Gasteiger partial charge in [0.05, 0.1) is 13.2 Å². The molecule has 0 N–H and O–H groups in total. The molecule has 0 aromatic rings. The lowest BCUT2D eigenvalue weighted by Crippen LogP contribution is -2.50. The zero-order chi connectivity index (χ0) is 12.3. The minimum Gasteiger partial charge on any atom is -0.381 e. The highest BCUT2D eigenvalue weighted by Gasteiger charge is 2.26. The SMILES string of the molecule is CC(C)N1CCN(CC(=O)C2CCOC2)CC1. The fourth-order valence-electron chi connectivity index (χ4n) is 2.58. The zero-order valence-electron chi connectivity index (χ0n) is 11.0. The van der Waals surface area contributed by atoms with Crippen molar-refractivity contribution < 1.29 is 9.53 Å². The molecule has 2 aliphatic heterocycles. The molecule has 17 heavy (non-hydrogen) atoms. The molecule has 0 radical (unpaired) electrons. The van der Waals surface area contributed by atoms with E-state index in [0.717, 1.165) is 39.2 Å². The van der Waals surface area contributed by atoms with Crippen molar-refractivity contribution in [3.8, 4) is 0 Å². The smallest absolute Gasteiger partial charge is 0.152 e. The lowest BCUT2D eigenvalue weighted by Gasteiger charge is -2.36. The van der Waals surface area contributed by atoms with Gasteiger partial charge in [-0.3, -0.25) is 14.6 Å². The van der Waals surface area contributed by atoms with Gasteiger partial charge in [0.15, 0.2) is 5.78 Å². The first-order chi connectivity index (χ1) is 8.16. The summed E-state index contributed by atoms with van der Waals surface area (Å²) in [7, 11) is 0. The van der Waals surface area contributed by atoms with Gasteiger partial charge in [0.2, 0.25) is 0 Å². The van der Waals surface area contributed by atoms with Crippen LogP contribution in [0.4, 0.5) is 0 Å². The summed E-state index contributed by atoms with van der Waals surface area (Å²) in [4.78, 5) is 16.8. The van der Waals surface area contributed by atoms with Crippen molar-refractivity contribution in [2.45, 2.75) is 26.3 Å². The van der Waals surface area contributed by atoms with Crippen LogP contribution in [0.15, 0.2) is 0 Å². The van der Waals surface area contributed by atoms with E-state index in [4.69, 9.17) is 4.74 Å². The van der Waals surface area contributed by atoms with E-state index in [1.807, 2.05) is 0 Å². The number of hydrogen-bond acceptors (Lipinski definition) is 4. The molecule has 2 heterocycles. The van der Waals surface area contributed by atoms with Crippen LogP contribution in [0, 0.1) is 5.92 Å². The lowest BCUT2D eigenvalue weighted by molar-refractivity contribution is -0.124. The van der Waals surface area contributed by atoms with Gasteiger partial charge in [0, 0.05) is 44.7 Å². The molecule has 0 saturated carbocycles. The Balaban J connectivity index is 1.72. The van der Waals surface area contributed by atoms with Crippen molar-refractivity contribution in [1.29, 1.82) is 0 Å². The van der Waals surface area contributed by atoms with Gasteiger partial charge < -0.3 is 4.74 Å². The maximum Gasteiger partial charge on any atom is 0.152 e. The van der Waals surface area contributed by atoms with Gasteiger partial charge in [-0.2, -0.15) is 0 Å². The minimum atomic E-state index is 0.165.